The first kappa shape index (κ1) is 7.72. The lowest BCUT2D eigenvalue weighted by Crippen LogP contribution is -2.05. The van der Waals surface area contributed by atoms with Crippen LogP contribution in [0.15, 0.2) is 29.5 Å². The van der Waals surface area contributed by atoms with E-state index in [1.807, 2.05) is 6.07 Å². The van der Waals surface area contributed by atoms with Gasteiger partial charge in [0.15, 0.2) is 0 Å². The van der Waals surface area contributed by atoms with Crippen LogP contribution >= 0.6 is 22.6 Å². The summed E-state index contributed by atoms with van der Waals surface area (Å²) in [5.74, 6) is 0. The molecule has 2 aromatic rings. The van der Waals surface area contributed by atoms with Crippen LogP contribution in [0.5, 0.6) is 0 Å². The van der Waals surface area contributed by atoms with Crippen molar-refractivity contribution in [3.63, 3.8) is 0 Å². The third-order valence-electron chi connectivity index (χ3n) is 1.65. The van der Waals surface area contributed by atoms with Gasteiger partial charge in [-0.25, -0.2) is 0 Å². The van der Waals surface area contributed by atoms with E-state index in [9.17, 15) is 4.79 Å². The van der Waals surface area contributed by atoms with Crippen LogP contribution in [-0.4, -0.2) is 9.97 Å². The Morgan fingerprint density at radius 2 is 2.25 bits per heavy atom. The van der Waals surface area contributed by atoms with E-state index >= 15 is 0 Å². The summed E-state index contributed by atoms with van der Waals surface area (Å²) in [4.78, 5) is 17.8. The first-order valence-corrected chi connectivity index (χ1v) is 4.48. The third-order valence-corrected chi connectivity index (χ3v) is 2.55. The third kappa shape index (κ3) is 1.12. The average molecular weight is 272 g/mol. The Morgan fingerprint density at radius 1 is 1.42 bits per heavy atom. The molecule has 0 aliphatic heterocycles. The van der Waals surface area contributed by atoms with Gasteiger partial charge in [0.05, 0.1) is 5.39 Å². The molecule has 0 aliphatic rings. The van der Waals surface area contributed by atoms with Gasteiger partial charge >= 0.3 is 0 Å². The average Bonchev–Trinajstić information content (AvgIpc) is 2.12. The van der Waals surface area contributed by atoms with Crippen LogP contribution < -0.4 is 5.56 Å². The highest BCUT2D eigenvalue weighted by atomic mass is 127. The highest BCUT2D eigenvalue weighted by Gasteiger charge is 2.00. The van der Waals surface area contributed by atoms with Crippen LogP contribution in [0.3, 0.4) is 0 Å². The van der Waals surface area contributed by atoms with Crippen molar-refractivity contribution in [3.05, 3.63) is 38.6 Å². The molecule has 0 fully saturated rings. The lowest BCUT2D eigenvalue weighted by Gasteiger charge is -1.96. The minimum Gasteiger partial charge on any atom is -0.327 e. The van der Waals surface area contributed by atoms with Crippen molar-refractivity contribution < 1.29 is 0 Å². The summed E-state index contributed by atoms with van der Waals surface area (Å²) < 4.78 is 1.03. The molecule has 0 radical (unpaired) electrons. The predicted molar refractivity (Wildman–Crippen MR) is 55.1 cm³/mol. The molecule has 2 rings (SSSR count). The first-order valence-electron chi connectivity index (χ1n) is 3.40. The van der Waals surface area contributed by atoms with Crippen LogP contribution in [0.25, 0.3) is 10.8 Å². The molecule has 3 nitrogen and oxygen atoms in total. The zero-order chi connectivity index (χ0) is 8.55. The molecule has 0 saturated carbocycles. The predicted octanol–water partition coefficient (Wildman–Crippen LogP) is 1.53. The summed E-state index contributed by atoms with van der Waals surface area (Å²) in [6, 6.07) is 1.84. The summed E-state index contributed by atoms with van der Waals surface area (Å²) in [6.07, 6.45) is 4.96. The van der Waals surface area contributed by atoms with E-state index in [1.54, 1.807) is 18.6 Å². The summed E-state index contributed by atoms with van der Waals surface area (Å²) in [5.41, 5.74) is -0.0847. The summed E-state index contributed by atoms with van der Waals surface area (Å²) in [7, 11) is 0. The second kappa shape index (κ2) is 2.85. The lowest BCUT2D eigenvalue weighted by atomic mass is 10.2. The Hall–Kier alpha value is -0.910. The number of hydrogen-bond donors (Lipinski definition) is 1. The zero-order valence-corrected chi connectivity index (χ0v) is 8.20. The van der Waals surface area contributed by atoms with Crippen LogP contribution in [0.2, 0.25) is 0 Å². The SMILES string of the molecule is O=c1[nH]cc(I)c2ccncc12. The van der Waals surface area contributed by atoms with Gasteiger partial charge < -0.3 is 4.98 Å². The van der Waals surface area contributed by atoms with Gasteiger partial charge in [-0.15, -0.1) is 0 Å². The Labute approximate surface area is 82.0 Å². The molecule has 60 valence electrons. The second-order valence-electron chi connectivity index (χ2n) is 2.39. The van der Waals surface area contributed by atoms with E-state index in [0.29, 0.717) is 5.39 Å². The van der Waals surface area contributed by atoms with E-state index in [4.69, 9.17) is 0 Å². The van der Waals surface area contributed by atoms with Gasteiger partial charge in [-0.05, 0) is 28.7 Å². The number of fused-ring (bicyclic) bond motifs is 1. The van der Waals surface area contributed by atoms with Crippen molar-refractivity contribution in [1.29, 1.82) is 0 Å². The fraction of sp³-hybridized carbons (Fsp3) is 0. The largest absolute Gasteiger partial charge is 0.327 e. The van der Waals surface area contributed by atoms with Crippen LogP contribution in [0.4, 0.5) is 0 Å². The zero-order valence-electron chi connectivity index (χ0n) is 6.04. The van der Waals surface area contributed by atoms with Gasteiger partial charge in [-0.1, -0.05) is 0 Å². The number of hydrogen-bond acceptors (Lipinski definition) is 2. The number of aromatic amines is 1. The number of H-pyrrole nitrogens is 1. The Bertz CT molecular complexity index is 478. The van der Waals surface area contributed by atoms with Crippen molar-refractivity contribution in [2.45, 2.75) is 0 Å². The minimum absolute atomic E-state index is 0.0847. The van der Waals surface area contributed by atoms with Crippen LogP contribution in [0.1, 0.15) is 0 Å². The van der Waals surface area contributed by atoms with Crippen molar-refractivity contribution in [3.8, 4) is 0 Å². The Morgan fingerprint density at radius 3 is 3.00 bits per heavy atom. The maximum atomic E-state index is 11.2. The van der Waals surface area contributed by atoms with Crippen molar-refractivity contribution >= 4 is 33.4 Å². The van der Waals surface area contributed by atoms with E-state index in [1.165, 1.54) is 0 Å². The van der Waals surface area contributed by atoms with Crippen molar-refractivity contribution in [2.75, 3.05) is 0 Å². The highest BCUT2D eigenvalue weighted by Crippen LogP contribution is 2.14. The molecule has 0 atom stereocenters. The molecule has 12 heavy (non-hydrogen) atoms. The van der Waals surface area contributed by atoms with Gasteiger partial charge in [0.1, 0.15) is 0 Å². The van der Waals surface area contributed by atoms with Crippen LogP contribution in [0, 0.1) is 3.57 Å². The molecule has 1 N–H and O–H groups in total. The van der Waals surface area contributed by atoms with Crippen LogP contribution in [-0.2, 0) is 0 Å². The second-order valence-corrected chi connectivity index (χ2v) is 3.55. The van der Waals surface area contributed by atoms with E-state index in [-0.39, 0.29) is 5.56 Å². The first-order chi connectivity index (χ1) is 5.79. The topological polar surface area (TPSA) is 45.8 Å². The molecule has 0 amide bonds. The molecule has 0 aromatic carbocycles. The molecule has 0 bridgehead atoms. The monoisotopic (exact) mass is 272 g/mol. The molecule has 0 aliphatic carbocycles. The van der Waals surface area contributed by atoms with E-state index in [0.717, 1.165) is 8.96 Å². The van der Waals surface area contributed by atoms with Crippen molar-refractivity contribution in [2.24, 2.45) is 0 Å². The summed E-state index contributed by atoms with van der Waals surface area (Å²) >= 11 is 2.18. The lowest BCUT2D eigenvalue weighted by molar-refractivity contribution is 1.24. The highest BCUT2D eigenvalue weighted by molar-refractivity contribution is 14.1. The summed E-state index contributed by atoms with van der Waals surface area (Å²) in [5, 5.41) is 1.60. The Balaban J connectivity index is 3.05. The van der Waals surface area contributed by atoms with E-state index in [2.05, 4.69) is 32.6 Å². The summed E-state index contributed by atoms with van der Waals surface area (Å²) in [6.45, 7) is 0. The maximum absolute atomic E-state index is 11.2. The van der Waals surface area contributed by atoms with Gasteiger partial charge in [0.25, 0.3) is 5.56 Å². The Kier molecular flexibility index (Phi) is 1.84. The van der Waals surface area contributed by atoms with Gasteiger partial charge in [0, 0.05) is 27.5 Å². The number of nitrogens with one attached hydrogen (secondary N) is 1. The molecule has 0 spiro atoms. The number of pyridine rings is 2. The van der Waals surface area contributed by atoms with Gasteiger partial charge in [-0.3, -0.25) is 9.78 Å². The minimum atomic E-state index is -0.0847. The molecule has 2 heterocycles. The molecular weight excluding hydrogens is 267 g/mol. The molecular formula is C8H5IN2O. The molecule has 0 saturated heterocycles. The standard InChI is InChI=1S/C8H5IN2O/c9-7-4-11-8(12)6-3-10-2-1-5(6)7/h1-4H,(H,11,12). The maximum Gasteiger partial charge on any atom is 0.257 e. The number of rotatable bonds is 0. The molecule has 2 aromatic heterocycles. The van der Waals surface area contributed by atoms with Gasteiger partial charge in [-0.2, -0.15) is 0 Å². The molecule has 0 unspecified atom stereocenters. The fourth-order valence-electron chi connectivity index (χ4n) is 1.07. The fourth-order valence-corrected chi connectivity index (χ4v) is 1.69. The quantitative estimate of drug-likeness (QED) is 0.739. The molecule has 4 heteroatoms. The van der Waals surface area contributed by atoms with Crippen molar-refractivity contribution in [1.82, 2.24) is 9.97 Å². The van der Waals surface area contributed by atoms with E-state index < -0.39 is 0 Å². The van der Waals surface area contributed by atoms with Gasteiger partial charge in [0.2, 0.25) is 0 Å². The number of halogens is 1. The smallest absolute Gasteiger partial charge is 0.257 e. The normalized spacial score (nSPS) is 10.4. The number of aromatic nitrogens is 2. The number of nitrogens with zero attached hydrogens (tertiary/aromatic N) is 1.